The van der Waals surface area contributed by atoms with Crippen molar-refractivity contribution in [3.63, 3.8) is 0 Å². The largest absolute Gasteiger partial charge is 0.393 e. The molecule has 0 radical (unpaired) electrons. The topological polar surface area (TPSA) is 29.5 Å². The number of hydrogen-bond donors (Lipinski definition) is 1. The van der Waals surface area contributed by atoms with E-state index in [1.807, 2.05) is 37.3 Å². The van der Waals surface area contributed by atoms with Crippen molar-refractivity contribution in [3.05, 3.63) is 35.9 Å². The van der Waals surface area contributed by atoms with Gasteiger partial charge in [0.05, 0.1) is 12.2 Å². The first-order valence-corrected chi connectivity index (χ1v) is 4.97. The third kappa shape index (κ3) is 3.90. The molecule has 0 bridgehead atoms. The lowest BCUT2D eigenvalue weighted by molar-refractivity contribution is 0.0565. The second kappa shape index (κ2) is 5.78. The molecule has 2 unspecified atom stereocenters. The molecule has 1 aromatic rings. The number of rotatable bonds is 5. The maximum absolute atomic E-state index is 9.72. The predicted molar refractivity (Wildman–Crippen MR) is 57.2 cm³/mol. The van der Waals surface area contributed by atoms with E-state index >= 15 is 0 Å². The van der Waals surface area contributed by atoms with Gasteiger partial charge in [-0.05, 0) is 25.3 Å². The Hall–Kier alpha value is -0.860. The smallest absolute Gasteiger partial charge is 0.0605 e. The van der Waals surface area contributed by atoms with Gasteiger partial charge >= 0.3 is 0 Å². The van der Waals surface area contributed by atoms with Crippen molar-refractivity contribution in [3.8, 4) is 0 Å². The maximum Gasteiger partial charge on any atom is 0.0605 e. The molecule has 1 aromatic carbocycles. The molecule has 0 spiro atoms. The van der Waals surface area contributed by atoms with E-state index in [1.165, 1.54) is 5.56 Å². The monoisotopic (exact) mass is 194 g/mol. The highest BCUT2D eigenvalue weighted by atomic mass is 16.5. The average Bonchev–Trinajstić information content (AvgIpc) is 2.19. The van der Waals surface area contributed by atoms with Gasteiger partial charge < -0.3 is 9.84 Å². The molecule has 0 aliphatic rings. The molecule has 2 heteroatoms. The van der Waals surface area contributed by atoms with Gasteiger partial charge in [-0.3, -0.25) is 0 Å². The van der Waals surface area contributed by atoms with E-state index in [9.17, 15) is 5.11 Å². The highest BCUT2D eigenvalue weighted by Crippen LogP contribution is 2.08. The Labute approximate surface area is 85.5 Å². The maximum atomic E-state index is 9.72. The highest BCUT2D eigenvalue weighted by Gasteiger charge is 2.09. The average molecular weight is 194 g/mol. The van der Waals surface area contributed by atoms with Crippen LogP contribution in [0.5, 0.6) is 0 Å². The Morgan fingerprint density at radius 1 is 1.29 bits per heavy atom. The molecule has 1 N–H and O–H groups in total. The summed E-state index contributed by atoms with van der Waals surface area (Å²) in [7, 11) is 1.67. The second-order valence-electron chi connectivity index (χ2n) is 3.63. The number of aliphatic hydroxyl groups is 1. The zero-order chi connectivity index (χ0) is 10.4. The summed E-state index contributed by atoms with van der Waals surface area (Å²) in [5, 5.41) is 9.72. The third-order valence-electron chi connectivity index (χ3n) is 2.32. The van der Waals surface area contributed by atoms with Crippen LogP contribution in [0.2, 0.25) is 0 Å². The van der Waals surface area contributed by atoms with Crippen LogP contribution in [0.25, 0.3) is 0 Å². The van der Waals surface area contributed by atoms with E-state index < -0.39 is 0 Å². The molecule has 78 valence electrons. The number of hydrogen-bond acceptors (Lipinski definition) is 2. The first-order chi connectivity index (χ1) is 6.72. The van der Waals surface area contributed by atoms with Gasteiger partial charge in [0, 0.05) is 7.11 Å². The van der Waals surface area contributed by atoms with Gasteiger partial charge in [0.1, 0.15) is 0 Å². The van der Waals surface area contributed by atoms with Crippen molar-refractivity contribution in [2.45, 2.75) is 32.0 Å². The summed E-state index contributed by atoms with van der Waals surface area (Å²) in [6.07, 6.45) is 1.20. The zero-order valence-corrected chi connectivity index (χ0v) is 8.81. The number of aliphatic hydroxyl groups excluding tert-OH is 1. The third-order valence-corrected chi connectivity index (χ3v) is 2.32. The lowest BCUT2D eigenvalue weighted by Gasteiger charge is -2.14. The van der Waals surface area contributed by atoms with Gasteiger partial charge in [0.2, 0.25) is 0 Å². The standard InChI is InChI=1S/C12H18O2/c1-10(14-2)8-12(13)9-11-6-4-3-5-7-11/h3-7,10,12-13H,8-9H2,1-2H3. The summed E-state index contributed by atoms with van der Waals surface area (Å²) in [6, 6.07) is 10.0. The van der Waals surface area contributed by atoms with Gasteiger partial charge in [-0.2, -0.15) is 0 Å². The molecule has 0 heterocycles. The summed E-state index contributed by atoms with van der Waals surface area (Å²) in [5.74, 6) is 0. The van der Waals surface area contributed by atoms with Gasteiger partial charge in [-0.15, -0.1) is 0 Å². The van der Waals surface area contributed by atoms with Crippen molar-refractivity contribution in [1.29, 1.82) is 0 Å². The molecule has 2 atom stereocenters. The van der Waals surface area contributed by atoms with Crippen LogP contribution < -0.4 is 0 Å². The van der Waals surface area contributed by atoms with Gasteiger partial charge in [-0.1, -0.05) is 30.3 Å². The molecule has 0 aliphatic heterocycles. The lowest BCUT2D eigenvalue weighted by atomic mass is 10.0. The van der Waals surface area contributed by atoms with Crippen LogP contribution >= 0.6 is 0 Å². The van der Waals surface area contributed by atoms with Crippen LogP contribution in [0.4, 0.5) is 0 Å². The molecule has 0 fully saturated rings. The number of methoxy groups -OCH3 is 1. The van der Waals surface area contributed by atoms with Crippen LogP contribution in [-0.2, 0) is 11.2 Å². The van der Waals surface area contributed by atoms with Crippen LogP contribution in [0.3, 0.4) is 0 Å². The van der Waals surface area contributed by atoms with Crippen molar-refractivity contribution in [2.24, 2.45) is 0 Å². The molecule has 0 saturated heterocycles. The van der Waals surface area contributed by atoms with Gasteiger partial charge in [0.15, 0.2) is 0 Å². The second-order valence-corrected chi connectivity index (χ2v) is 3.63. The lowest BCUT2D eigenvalue weighted by Crippen LogP contribution is -2.18. The van der Waals surface area contributed by atoms with Gasteiger partial charge in [0.25, 0.3) is 0 Å². The summed E-state index contributed by atoms with van der Waals surface area (Å²) in [4.78, 5) is 0. The summed E-state index contributed by atoms with van der Waals surface area (Å²) >= 11 is 0. The summed E-state index contributed by atoms with van der Waals surface area (Å²) in [6.45, 7) is 1.97. The Morgan fingerprint density at radius 3 is 2.50 bits per heavy atom. The Kier molecular flexibility index (Phi) is 4.63. The first-order valence-electron chi connectivity index (χ1n) is 4.97. The van der Waals surface area contributed by atoms with Crippen molar-refractivity contribution in [1.82, 2.24) is 0 Å². The summed E-state index contributed by atoms with van der Waals surface area (Å²) in [5.41, 5.74) is 1.17. The summed E-state index contributed by atoms with van der Waals surface area (Å²) < 4.78 is 5.10. The first kappa shape index (κ1) is 11.2. The molecule has 0 aromatic heterocycles. The minimum Gasteiger partial charge on any atom is -0.393 e. The molecule has 1 rings (SSSR count). The predicted octanol–water partition coefficient (Wildman–Crippen LogP) is 2.01. The molecule has 14 heavy (non-hydrogen) atoms. The van der Waals surface area contributed by atoms with E-state index in [2.05, 4.69) is 0 Å². The van der Waals surface area contributed by atoms with Crippen molar-refractivity contribution < 1.29 is 9.84 Å². The number of benzene rings is 1. The van der Waals surface area contributed by atoms with Crippen LogP contribution in [0.1, 0.15) is 18.9 Å². The Morgan fingerprint density at radius 2 is 1.93 bits per heavy atom. The highest BCUT2D eigenvalue weighted by molar-refractivity contribution is 5.15. The van der Waals surface area contributed by atoms with Crippen molar-refractivity contribution >= 4 is 0 Å². The van der Waals surface area contributed by atoms with E-state index in [-0.39, 0.29) is 12.2 Å². The Balaban J connectivity index is 2.37. The van der Waals surface area contributed by atoms with Crippen molar-refractivity contribution in [2.75, 3.05) is 7.11 Å². The Bertz CT molecular complexity index is 246. The minimum absolute atomic E-state index is 0.119. The zero-order valence-electron chi connectivity index (χ0n) is 8.81. The molecule has 0 amide bonds. The molecule has 0 aliphatic carbocycles. The van der Waals surface area contributed by atoms with Gasteiger partial charge in [-0.25, -0.2) is 0 Å². The van der Waals surface area contributed by atoms with E-state index in [0.717, 1.165) is 0 Å². The van der Waals surface area contributed by atoms with E-state index in [4.69, 9.17) is 4.74 Å². The van der Waals surface area contributed by atoms with Crippen LogP contribution in [0.15, 0.2) is 30.3 Å². The fraction of sp³-hybridized carbons (Fsp3) is 0.500. The minimum atomic E-state index is -0.313. The normalized spacial score (nSPS) is 15.1. The quantitative estimate of drug-likeness (QED) is 0.777. The molecule has 2 nitrogen and oxygen atoms in total. The number of ether oxygens (including phenoxy) is 1. The van der Waals surface area contributed by atoms with Crippen LogP contribution in [-0.4, -0.2) is 24.4 Å². The molecule has 0 saturated carbocycles. The van der Waals surface area contributed by atoms with Crippen LogP contribution in [0, 0.1) is 0 Å². The molecular weight excluding hydrogens is 176 g/mol. The fourth-order valence-corrected chi connectivity index (χ4v) is 1.45. The van der Waals surface area contributed by atoms with E-state index in [0.29, 0.717) is 12.8 Å². The SMILES string of the molecule is COC(C)CC(O)Cc1ccccc1. The fourth-order valence-electron chi connectivity index (χ4n) is 1.45. The molecular formula is C12H18O2. The van der Waals surface area contributed by atoms with E-state index in [1.54, 1.807) is 7.11 Å².